The zero-order chi connectivity index (χ0) is 18.4. The predicted molar refractivity (Wildman–Crippen MR) is 101 cm³/mol. The molecule has 0 radical (unpaired) electrons. The first kappa shape index (κ1) is 18.8. The summed E-state index contributed by atoms with van der Waals surface area (Å²) in [6.45, 7) is 6.44. The van der Waals surface area contributed by atoms with E-state index >= 15 is 0 Å². The second-order valence-corrected chi connectivity index (χ2v) is 6.62. The Morgan fingerprint density at radius 1 is 1.20 bits per heavy atom. The lowest BCUT2D eigenvalue weighted by Gasteiger charge is -2.16. The lowest BCUT2D eigenvalue weighted by atomic mass is 10.0. The van der Waals surface area contributed by atoms with Crippen molar-refractivity contribution in [1.82, 2.24) is 10.3 Å². The van der Waals surface area contributed by atoms with Gasteiger partial charge >= 0.3 is 0 Å². The van der Waals surface area contributed by atoms with Gasteiger partial charge in [-0.25, -0.2) is 4.98 Å². The van der Waals surface area contributed by atoms with Gasteiger partial charge in [0.2, 0.25) is 0 Å². The summed E-state index contributed by atoms with van der Waals surface area (Å²) in [6.07, 6.45) is 1.21. The van der Waals surface area contributed by atoms with E-state index in [2.05, 4.69) is 30.2 Å². The molecule has 0 bridgehead atoms. The Balaban J connectivity index is 1.88. The first-order valence-corrected chi connectivity index (χ1v) is 8.53. The van der Waals surface area contributed by atoms with Crippen LogP contribution in [-0.4, -0.2) is 31.1 Å². The number of nitrogens with zero attached hydrogens (tertiary/aromatic N) is 2. The summed E-state index contributed by atoms with van der Waals surface area (Å²) in [4.78, 5) is 18.5. The zero-order valence-electron chi connectivity index (χ0n) is 15.6. The number of hydrogen-bond acceptors (Lipinski definition) is 4. The maximum absolute atomic E-state index is 12.2. The van der Waals surface area contributed by atoms with E-state index in [9.17, 15) is 4.79 Å². The number of nitrogens with one attached hydrogen (secondary N) is 1. The number of hydrogen-bond donors (Lipinski definition) is 1. The minimum atomic E-state index is -0.559. The summed E-state index contributed by atoms with van der Waals surface area (Å²) in [5.74, 6) is 1.87. The lowest BCUT2D eigenvalue weighted by Crippen LogP contribution is -2.35. The Morgan fingerprint density at radius 2 is 1.96 bits per heavy atom. The largest absolute Gasteiger partial charge is 0.481 e. The number of pyridine rings is 1. The van der Waals surface area contributed by atoms with Gasteiger partial charge in [0.25, 0.3) is 5.91 Å². The maximum atomic E-state index is 12.2. The van der Waals surface area contributed by atoms with Gasteiger partial charge < -0.3 is 15.0 Å². The Labute approximate surface area is 150 Å². The maximum Gasteiger partial charge on any atom is 0.261 e. The number of aromatic nitrogens is 1. The molecule has 0 unspecified atom stereocenters. The molecule has 134 valence electrons. The Bertz CT molecular complexity index is 696. The smallest absolute Gasteiger partial charge is 0.261 e. The normalized spacial score (nSPS) is 11.9. The van der Waals surface area contributed by atoms with Crippen molar-refractivity contribution in [2.75, 3.05) is 19.0 Å². The fraction of sp³-hybridized carbons (Fsp3) is 0.400. The molecule has 0 aliphatic heterocycles. The highest BCUT2D eigenvalue weighted by atomic mass is 16.5. The number of carbonyl (C=O) groups is 1. The molecule has 0 saturated carbocycles. The zero-order valence-corrected chi connectivity index (χ0v) is 15.6. The first-order valence-electron chi connectivity index (χ1n) is 8.53. The predicted octanol–water partition coefficient (Wildman–Crippen LogP) is 3.35. The van der Waals surface area contributed by atoms with Gasteiger partial charge in [0.1, 0.15) is 11.6 Å². The Morgan fingerprint density at radius 3 is 2.56 bits per heavy atom. The third-order valence-corrected chi connectivity index (χ3v) is 3.94. The van der Waals surface area contributed by atoms with E-state index in [1.807, 2.05) is 49.3 Å². The van der Waals surface area contributed by atoms with E-state index in [-0.39, 0.29) is 5.91 Å². The summed E-state index contributed by atoms with van der Waals surface area (Å²) < 4.78 is 5.77. The van der Waals surface area contributed by atoms with Crippen LogP contribution >= 0.6 is 0 Å². The van der Waals surface area contributed by atoms with E-state index in [4.69, 9.17) is 4.74 Å². The molecular formula is C20H27N3O2. The van der Waals surface area contributed by atoms with Gasteiger partial charge in [-0.15, -0.1) is 0 Å². The van der Waals surface area contributed by atoms with Crippen molar-refractivity contribution in [3.8, 4) is 5.75 Å². The van der Waals surface area contributed by atoms with Gasteiger partial charge in [-0.2, -0.15) is 0 Å². The van der Waals surface area contributed by atoms with Crippen molar-refractivity contribution in [3.05, 3.63) is 53.7 Å². The number of rotatable bonds is 7. The number of anilines is 1. The highest BCUT2D eigenvalue weighted by Gasteiger charge is 2.15. The van der Waals surface area contributed by atoms with Crippen LogP contribution in [0.2, 0.25) is 0 Å². The van der Waals surface area contributed by atoms with Crippen LogP contribution in [-0.2, 0) is 11.3 Å². The van der Waals surface area contributed by atoms with Crippen molar-refractivity contribution < 1.29 is 9.53 Å². The van der Waals surface area contributed by atoms with Crippen LogP contribution < -0.4 is 15.0 Å². The SMILES string of the molecule is CC(C)c1cccc(O[C@@H](C)C(=O)NCc2ccc(N(C)C)nc2)c1. The molecule has 1 N–H and O–H groups in total. The summed E-state index contributed by atoms with van der Waals surface area (Å²) in [6, 6.07) is 11.8. The van der Waals surface area contributed by atoms with E-state index in [1.54, 1.807) is 13.1 Å². The third-order valence-electron chi connectivity index (χ3n) is 3.94. The van der Waals surface area contributed by atoms with E-state index in [0.29, 0.717) is 18.2 Å². The molecule has 1 amide bonds. The van der Waals surface area contributed by atoms with Crippen molar-refractivity contribution in [3.63, 3.8) is 0 Å². The topological polar surface area (TPSA) is 54.5 Å². The molecule has 1 aromatic carbocycles. The average molecular weight is 341 g/mol. The molecule has 5 nitrogen and oxygen atoms in total. The molecule has 2 aromatic rings. The molecule has 0 fully saturated rings. The number of amides is 1. The fourth-order valence-electron chi connectivity index (χ4n) is 2.32. The second kappa shape index (κ2) is 8.51. The third kappa shape index (κ3) is 5.48. The molecule has 25 heavy (non-hydrogen) atoms. The van der Waals surface area contributed by atoms with Crippen LogP contribution in [0.4, 0.5) is 5.82 Å². The van der Waals surface area contributed by atoms with Crippen LogP contribution in [0.1, 0.15) is 37.8 Å². The molecule has 0 spiro atoms. The molecule has 0 aliphatic carbocycles. The highest BCUT2D eigenvalue weighted by Crippen LogP contribution is 2.21. The fourth-order valence-corrected chi connectivity index (χ4v) is 2.32. The van der Waals surface area contributed by atoms with Crippen molar-refractivity contribution >= 4 is 11.7 Å². The minimum Gasteiger partial charge on any atom is -0.481 e. The Hall–Kier alpha value is -2.56. The number of benzene rings is 1. The van der Waals surface area contributed by atoms with Crippen molar-refractivity contribution in [1.29, 1.82) is 0 Å². The van der Waals surface area contributed by atoms with E-state index in [0.717, 1.165) is 11.4 Å². The number of carbonyl (C=O) groups excluding carboxylic acids is 1. The van der Waals surface area contributed by atoms with Crippen LogP contribution in [0, 0.1) is 0 Å². The van der Waals surface area contributed by atoms with Gasteiger partial charge in [-0.3, -0.25) is 4.79 Å². The van der Waals surface area contributed by atoms with Crippen molar-refractivity contribution in [2.45, 2.75) is 39.3 Å². The molecule has 0 saturated heterocycles. The molecule has 1 atom stereocenters. The monoisotopic (exact) mass is 341 g/mol. The standard InChI is InChI=1S/C20H27N3O2/c1-14(2)17-7-6-8-18(11-17)25-15(3)20(24)22-13-16-9-10-19(21-12-16)23(4)5/h6-12,14-15H,13H2,1-5H3,(H,22,24)/t15-/m0/s1. The minimum absolute atomic E-state index is 0.147. The van der Waals surface area contributed by atoms with Crippen LogP contribution in [0.25, 0.3) is 0 Å². The molecule has 5 heteroatoms. The molecular weight excluding hydrogens is 314 g/mol. The lowest BCUT2D eigenvalue weighted by molar-refractivity contribution is -0.127. The highest BCUT2D eigenvalue weighted by molar-refractivity contribution is 5.80. The van der Waals surface area contributed by atoms with Gasteiger partial charge in [-0.1, -0.05) is 32.0 Å². The van der Waals surface area contributed by atoms with Crippen molar-refractivity contribution in [2.24, 2.45) is 0 Å². The average Bonchev–Trinajstić information content (AvgIpc) is 2.60. The van der Waals surface area contributed by atoms with Crippen LogP contribution in [0.5, 0.6) is 5.75 Å². The van der Waals surface area contributed by atoms with Gasteiger partial charge in [0, 0.05) is 26.8 Å². The van der Waals surface area contributed by atoms with Gasteiger partial charge in [-0.05, 0) is 42.2 Å². The summed E-state index contributed by atoms with van der Waals surface area (Å²) >= 11 is 0. The first-order chi connectivity index (χ1) is 11.9. The molecule has 2 rings (SSSR count). The van der Waals surface area contributed by atoms with Gasteiger partial charge in [0.15, 0.2) is 6.10 Å². The summed E-state index contributed by atoms with van der Waals surface area (Å²) in [5, 5.41) is 2.89. The summed E-state index contributed by atoms with van der Waals surface area (Å²) in [5.41, 5.74) is 2.14. The van der Waals surface area contributed by atoms with Gasteiger partial charge in [0.05, 0.1) is 0 Å². The van der Waals surface area contributed by atoms with E-state index in [1.165, 1.54) is 5.56 Å². The second-order valence-electron chi connectivity index (χ2n) is 6.62. The van der Waals surface area contributed by atoms with Crippen LogP contribution in [0.15, 0.2) is 42.6 Å². The molecule has 0 aliphatic rings. The number of ether oxygens (including phenoxy) is 1. The molecule has 1 heterocycles. The molecule has 1 aromatic heterocycles. The quantitative estimate of drug-likeness (QED) is 0.839. The Kier molecular flexibility index (Phi) is 6.39. The summed E-state index contributed by atoms with van der Waals surface area (Å²) in [7, 11) is 3.88. The van der Waals surface area contributed by atoms with Crippen LogP contribution in [0.3, 0.4) is 0 Å². The van der Waals surface area contributed by atoms with E-state index < -0.39 is 6.10 Å².